The molecule has 2 N–H and O–H groups in total. The van der Waals surface area contributed by atoms with Crippen LogP contribution in [0.1, 0.15) is 0 Å². The van der Waals surface area contributed by atoms with Crippen LogP contribution < -0.4 is 5.32 Å². The second-order valence-electron chi connectivity index (χ2n) is 1.89. The second-order valence-corrected chi connectivity index (χ2v) is 3.41. The molecule has 1 rings (SSSR count). The Labute approximate surface area is 87.1 Å². The van der Waals surface area contributed by atoms with Gasteiger partial charge in [0, 0.05) is 9.77 Å². The summed E-state index contributed by atoms with van der Waals surface area (Å²) in [5.41, 5.74) is 0.326. The van der Waals surface area contributed by atoms with Crippen LogP contribution in [0, 0.1) is 3.57 Å². The minimum absolute atomic E-state index is 0.157. The summed E-state index contributed by atoms with van der Waals surface area (Å²) in [5.74, 6) is 0. The number of aromatic nitrogens is 1. The van der Waals surface area contributed by atoms with Gasteiger partial charge in [-0.2, -0.15) is 0 Å². The van der Waals surface area contributed by atoms with Crippen molar-refractivity contribution in [3.05, 3.63) is 21.0 Å². The number of anilines is 1. The Kier molecular flexibility index (Phi) is 3.10. The second kappa shape index (κ2) is 3.90. The molecule has 0 fully saturated rings. The molecule has 64 valence electrons. The zero-order valence-electron chi connectivity index (χ0n) is 5.71. The molecular weight excluding hydrogens is 294 g/mol. The van der Waals surface area contributed by atoms with Crippen molar-refractivity contribution in [2.75, 3.05) is 5.32 Å². The highest BCUT2D eigenvalue weighted by Gasteiger charge is 2.07. The summed E-state index contributed by atoms with van der Waals surface area (Å²) in [6, 6.07) is 1.66. The highest BCUT2D eigenvalue weighted by Crippen LogP contribution is 2.24. The number of pyridine rings is 1. The van der Waals surface area contributed by atoms with Crippen LogP contribution in [0.25, 0.3) is 0 Å². The molecule has 0 atom stereocenters. The minimum atomic E-state index is -1.15. The zero-order valence-corrected chi connectivity index (χ0v) is 8.63. The number of amides is 1. The van der Waals surface area contributed by atoms with E-state index in [0.717, 1.165) is 3.57 Å². The van der Waals surface area contributed by atoms with Gasteiger partial charge in [-0.05, 0) is 28.7 Å². The standard InChI is InChI=1S/C6H4ClIN2O2/c7-5-4(10-6(11)12)3(8)1-2-9-5/h1-2,10H,(H,11,12). The average molecular weight is 298 g/mol. The largest absolute Gasteiger partial charge is 0.465 e. The molecule has 0 aliphatic rings. The van der Waals surface area contributed by atoms with Gasteiger partial charge in [0.1, 0.15) is 0 Å². The maximum atomic E-state index is 10.3. The van der Waals surface area contributed by atoms with Crippen molar-refractivity contribution in [2.45, 2.75) is 0 Å². The van der Waals surface area contributed by atoms with Gasteiger partial charge in [0.15, 0.2) is 5.15 Å². The van der Waals surface area contributed by atoms with E-state index in [1.807, 2.05) is 22.6 Å². The third-order valence-electron chi connectivity index (χ3n) is 1.09. The number of rotatable bonds is 1. The average Bonchev–Trinajstić information content (AvgIpc) is 1.97. The lowest BCUT2D eigenvalue weighted by Gasteiger charge is -2.03. The topological polar surface area (TPSA) is 62.2 Å². The van der Waals surface area contributed by atoms with Gasteiger partial charge in [-0.15, -0.1) is 0 Å². The number of hydrogen-bond donors (Lipinski definition) is 2. The van der Waals surface area contributed by atoms with Crippen molar-refractivity contribution >= 4 is 46.0 Å². The van der Waals surface area contributed by atoms with Gasteiger partial charge in [-0.25, -0.2) is 9.78 Å². The summed E-state index contributed by atoms with van der Waals surface area (Å²) in [6.45, 7) is 0. The fraction of sp³-hybridized carbons (Fsp3) is 0. The Bertz CT molecular complexity index is 298. The highest BCUT2D eigenvalue weighted by atomic mass is 127. The van der Waals surface area contributed by atoms with Crippen LogP contribution in [-0.2, 0) is 0 Å². The van der Waals surface area contributed by atoms with E-state index in [1.54, 1.807) is 6.07 Å². The zero-order chi connectivity index (χ0) is 9.14. The van der Waals surface area contributed by atoms with Crippen molar-refractivity contribution in [1.82, 2.24) is 4.98 Å². The van der Waals surface area contributed by atoms with Crippen LogP contribution in [0.15, 0.2) is 12.3 Å². The molecular formula is C6H4ClIN2O2. The van der Waals surface area contributed by atoms with E-state index in [-0.39, 0.29) is 5.15 Å². The van der Waals surface area contributed by atoms with Crippen molar-refractivity contribution in [2.24, 2.45) is 0 Å². The lowest BCUT2D eigenvalue weighted by Crippen LogP contribution is -2.09. The van der Waals surface area contributed by atoms with Gasteiger partial charge in [-0.3, -0.25) is 5.32 Å². The van der Waals surface area contributed by atoms with Gasteiger partial charge in [0.2, 0.25) is 0 Å². The maximum Gasteiger partial charge on any atom is 0.409 e. The Morgan fingerprint density at radius 2 is 2.42 bits per heavy atom. The van der Waals surface area contributed by atoms with Crippen molar-refractivity contribution < 1.29 is 9.90 Å². The van der Waals surface area contributed by atoms with E-state index in [0.29, 0.717) is 5.69 Å². The number of hydrogen-bond acceptors (Lipinski definition) is 2. The van der Waals surface area contributed by atoms with E-state index in [9.17, 15) is 4.79 Å². The van der Waals surface area contributed by atoms with Crippen molar-refractivity contribution in [3.8, 4) is 0 Å². The molecule has 0 unspecified atom stereocenters. The highest BCUT2D eigenvalue weighted by molar-refractivity contribution is 14.1. The fourth-order valence-electron chi connectivity index (χ4n) is 0.633. The summed E-state index contributed by atoms with van der Waals surface area (Å²) in [4.78, 5) is 14.0. The first-order chi connectivity index (χ1) is 5.61. The smallest absolute Gasteiger partial charge is 0.409 e. The number of halogens is 2. The molecule has 0 saturated heterocycles. The summed E-state index contributed by atoms with van der Waals surface area (Å²) in [6.07, 6.45) is 0.361. The third kappa shape index (κ3) is 2.21. The van der Waals surface area contributed by atoms with Crippen LogP contribution >= 0.6 is 34.2 Å². The first kappa shape index (κ1) is 9.53. The van der Waals surface area contributed by atoms with Crippen LogP contribution in [0.4, 0.5) is 10.5 Å². The SMILES string of the molecule is O=C(O)Nc1c(I)ccnc1Cl. The molecule has 4 nitrogen and oxygen atoms in total. The maximum absolute atomic E-state index is 10.3. The van der Waals surface area contributed by atoms with Crippen molar-refractivity contribution in [3.63, 3.8) is 0 Å². The monoisotopic (exact) mass is 298 g/mol. The molecule has 1 aromatic rings. The van der Waals surface area contributed by atoms with E-state index < -0.39 is 6.09 Å². The Morgan fingerprint density at radius 1 is 1.75 bits per heavy atom. The first-order valence-electron chi connectivity index (χ1n) is 2.91. The van der Waals surface area contributed by atoms with E-state index in [2.05, 4.69) is 10.3 Å². The predicted molar refractivity (Wildman–Crippen MR) is 53.6 cm³/mol. The molecule has 0 aliphatic heterocycles. The molecule has 0 aliphatic carbocycles. The summed E-state index contributed by atoms with van der Waals surface area (Å²) in [5, 5.41) is 10.7. The number of nitrogens with one attached hydrogen (secondary N) is 1. The summed E-state index contributed by atoms with van der Waals surface area (Å²) >= 11 is 7.60. The van der Waals surface area contributed by atoms with E-state index >= 15 is 0 Å². The minimum Gasteiger partial charge on any atom is -0.465 e. The van der Waals surface area contributed by atoms with Gasteiger partial charge in [-0.1, -0.05) is 11.6 Å². The number of nitrogens with zero attached hydrogens (tertiary/aromatic N) is 1. The molecule has 1 heterocycles. The molecule has 1 amide bonds. The molecule has 0 aromatic carbocycles. The van der Waals surface area contributed by atoms with Crippen LogP contribution in [-0.4, -0.2) is 16.2 Å². The third-order valence-corrected chi connectivity index (χ3v) is 2.27. The lowest BCUT2D eigenvalue weighted by molar-refractivity contribution is 0.209. The molecule has 0 spiro atoms. The Balaban J connectivity index is 3.04. The summed E-state index contributed by atoms with van der Waals surface area (Å²) in [7, 11) is 0. The van der Waals surface area contributed by atoms with Crippen LogP contribution in [0.3, 0.4) is 0 Å². The molecule has 12 heavy (non-hydrogen) atoms. The van der Waals surface area contributed by atoms with Gasteiger partial charge >= 0.3 is 6.09 Å². The Hall–Kier alpha value is -0.560. The van der Waals surface area contributed by atoms with Gasteiger partial charge < -0.3 is 5.11 Å². The predicted octanol–water partition coefficient (Wildman–Crippen LogP) is 2.43. The number of carboxylic acid groups (broad SMARTS) is 1. The molecule has 0 bridgehead atoms. The Morgan fingerprint density at radius 3 is 2.92 bits per heavy atom. The fourth-order valence-corrected chi connectivity index (χ4v) is 1.55. The van der Waals surface area contributed by atoms with Crippen molar-refractivity contribution in [1.29, 1.82) is 0 Å². The summed E-state index contributed by atoms with van der Waals surface area (Å²) < 4.78 is 0.718. The van der Waals surface area contributed by atoms with E-state index in [4.69, 9.17) is 16.7 Å². The van der Waals surface area contributed by atoms with E-state index in [1.165, 1.54) is 6.20 Å². The quantitative estimate of drug-likeness (QED) is 0.618. The molecule has 0 saturated carbocycles. The normalized spacial score (nSPS) is 9.50. The number of carbonyl (C=O) groups is 1. The van der Waals surface area contributed by atoms with Gasteiger partial charge in [0.25, 0.3) is 0 Å². The molecule has 6 heteroatoms. The van der Waals surface area contributed by atoms with Crippen LogP contribution in [0.2, 0.25) is 5.15 Å². The lowest BCUT2D eigenvalue weighted by atomic mass is 10.4. The molecule has 0 radical (unpaired) electrons. The van der Waals surface area contributed by atoms with Gasteiger partial charge in [0.05, 0.1) is 5.69 Å². The van der Waals surface area contributed by atoms with Crippen LogP contribution in [0.5, 0.6) is 0 Å². The molecule has 1 aromatic heterocycles. The first-order valence-corrected chi connectivity index (χ1v) is 4.37.